The van der Waals surface area contributed by atoms with Crippen LogP contribution in [0.5, 0.6) is 0 Å². The van der Waals surface area contributed by atoms with Crippen molar-refractivity contribution in [2.24, 2.45) is 0 Å². The van der Waals surface area contributed by atoms with Gasteiger partial charge in [-0.25, -0.2) is 4.79 Å². The first-order valence-electron chi connectivity index (χ1n) is 7.40. The van der Waals surface area contributed by atoms with Gasteiger partial charge in [-0.15, -0.1) is 0 Å². The number of carboxylic acid groups (broad SMARTS) is 1. The Kier molecular flexibility index (Phi) is 2.89. The molecule has 0 radical (unpaired) electrons. The highest BCUT2D eigenvalue weighted by atomic mass is 16.4. The number of fused-ring (bicyclic) bond motifs is 3. The molecule has 4 rings (SSSR count). The predicted octanol–water partition coefficient (Wildman–Crippen LogP) is 3.67. The summed E-state index contributed by atoms with van der Waals surface area (Å²) in [5, 5.41) is 10.5. The number of rotatable bonds is 1. The van der Waals surface area contributed by atoms with Crippen LogP contribution in [0.3, 0.4) is 0 Å². The molecule has 0 saturated carbocycles. The molecule has 4 heteroatoms. The Morgan fingerprint density at radius 1 is 1.00 bits per heavy atom. The lowest BCUT2D eigenvalue weighted by molar-refractivity contribution is 0.139. The van der Waals surface area contributed by atoms with E-state index in [1.54, 1.807) is 0 Å². The SMILES string of the molecule is O=C(O)N1CCc2c(n(-c3ccccc3)c3ccccc23)C1. The zero-order chi connectivity index (χ0) is 15.1. The van der Waals surface area contributed by atoms with Crippen molar-refractivity contribution in [2.75, 3.05) is 6.54 Å². The van der Waals surface area contributed by atoms with E-state index >= 15 is 0 Å². The number of aromatic nitrogens is 1. The molecule has 22 heavy (non-hydrogen) atoms. The van der Waals surface area contributed by atoms with Gasteiger partial charge in [0.1, 0.15) is 0 Å². The van der Waals surface area contributed by atoms with Crippen LogP contribution < -0.4 is 0 Å². The summed E-state index contributed by atoms with van der Waals surface area (Å²) >= 11 is 0. The third-order valence-corrected chi connectivity index (χ3v) is 4.35. The highest BCUT2D eigenvalue weighted by Gasteiger charge is 2.26. The fourth-order valence-corrected chi connectivity index (χ4v) is 3.35. The summed E-state index contributed by atoms with van der Waals surface area (Å²) in [5.41, 5.74) is 4.58. The maximum Gasteiger partial charge on any atom is 0.407 e. The average Bonchev–Trinajstić information content (AvgIpc) is 2.89. The minimum absolute atomic E-state index is 0.439. The number of carbonyl (C=O) groups is 1. The number of para-hydroxylation sites is 2. The van der Waals surface area contributed by atoms with Gasteiger partial charge in [-0.05, 0) is 30.2 Å². The molecular weight excluding hydrogens is 276 g/mol. The quantitative estimate of drug-likeness (QED) is 0.744. The van der Waals surface area contributed by atoms with E-state index in [2.05, 4.69) is 28.8 Å². The molecule has 0 bridgehead atoms. The molecule has 4 nitrogen and oxygen atoms in total. The second kappa shape index (κ2) is 4.91. The van der Waals surface area contributed by atoms with Crippen LogP contribution in [0, 0.1) is 0 Å². The van der Waals surface area contributed by atoms with Crippen LogP contribution in [-0.4, -0.2) is 27.2 Å². The van der Waals surface area contributed by atoms with Crippen LogP contribution in [0.4, 0.5) is 4.79 Å². The first-order chi connectivity index (χ1) is 10.8. The van der Waals surface area contributed by atoms with Gasteiger partial charge in [0.25, 0.3) is 0 Å². The van der Waals surface area contributed by atoms with E-state index in [0.29, 0.717) is 13.1 Å². The molecule has 0 unspecified atom stereocenters. The zero-order valence-corrected chi connectivity index (χ0v) is 12.1. The van der Waals surface area contributed by atoms with Crippen LogP contribution in [0.25, 0.3) is 16.6 Å². The van der Waals surface area contributed by atoms with E-state index in [0.717, 1.165) is 23.3 Å². The zero-order valence-electron chi connectivity index (χ0n) is 12.1. The Bertz CT molecular complexity index is 852. The molecule has 1 N–H and O–H groups in total. The molecule has 1 aliphatic rings. The molecule has 0 aliphatic carbocycles. The minimum Gasteiger partial charge on any atom is -0.465 e. The molecule has 0 spiro atoms. The molecule has 2 aromatic carbocycles. The van der Waals surface area contributed by atoms with Crippen molar-refractivity contribution in [2.45, 2.75) is 13.0 Å². The van der Waals surface area contributed by atoms with Crippen molar-refractivity contribution < 1.29 is 9.90 Å². The van der Waals surface area contributed by atoms with E-state index in [4.69, 9.17) is 0 Å². The summed E-state index contributed by atoms with van der Waals surface area (Å²) in [4.78, 5) is 12.8. The normalized spacial score (nSPS) is 14.1. The van der Waals surface area contributed by atoms with Gasteiger partial charge in [-0.2, -0.15) is 0 Å². The van der Waals surface area contributed by atoms with Crippen molar-refractivity contribution in [1.82, 2.24) is 9.47 Å². The van der Waals surface area contributed by atoms with Gasteiger partial charge in [-0.1, -0.05) is 36.4 Å². The Balaban J connectivity index is 1.99. The van der Waals surface area contributed by atoms with Crippen molar-refractivity contribution in [3.8, 4) is 5.69 Å². The van der Waals surface area contributed by atoms with Crippen LogP contribution in [-0.2, 0) is 13.0 Å². The van der Waals surface area contributed by atoms with Gasteiger partial charge in [0.15, 0.2) is 0 Å². The number of nitrogens with zero attached hydrogens (tertiary/aromatic N) is 2. The number of benzene rings is 2. The Hall–Kier alpha value is -2.75. The third-order valence-electron chi connectivity index (χ3n) is 4.35. The molecule has 2 heterocycles. The lowest BCUT2D eigenvalue weighted by atomic mass is 10.0. The molecule has 0 saturated heterocycles. The molecule has 0 atom stereocenters. The summed E-state index contributed by atoms with van der Waals surface area (Å²) in [6.07, 6.45) is -0.0855. The van der Waals surface area contributed by atoms with E-state index < -0.39 is 6.09 Å². The van der Waals surface area contributed by atoms with Gasteiger partial charge < -0.3 is 14.6 Å². The van der Waals surface area contributed by atoms with Gasteiger partial charge in [0, 0.05) is 23.3 Å². The van der Waals surface area contributed by atoms with Crippen LogP contribution in [0.2, 0.25) is 0 Å². The minimum atomic E-state index is -0.851. The summed E-state index contributed by atoms with van der Waals surface area (Å²) in [7, 11) is 0. The molecule has 3 aromatic rings. The fraction of sp³-hybridized carbons (Fsp3) is 0.167. The molecule has 1 aromatic heterocycles. The lowest BCUT2D eigenvalue weighted by Crippen LogP contribution is -2.35. The van der Waals surface area contributed by atoms with E-state index in [1.165, 1.54) is 15.8 Å². The van der Waals surface area contributed by atoms with Gasteiger partial charge >= 0.3 is 6.09 Å². The maximum absolute atomic E-state index is 11.3. The van der Waals surface area contributed by atoms with E-state index in [9.17, 15) is 9.90 Å². The molecule has 1 amide bonds. The predicted molar refractivity (Wildman–Crippen MR) is 85.4 cm³/mol. The summed E-state index contributed by atoms with van der Waals surface area (Å²) < 4.78 is 2.19. The van der Waals surface area contributed by atoms with Crippen LogP contribution in [0.1, 0.15) is 11.3 Å². The fourth-order valence-electron chi connectivity index (χ4n) is 3.35. The van der Waals surface area contributed by atoms with Gasteiger partial charge in [0.05, 0.1) is 12.1 Å². The topological polar surface area (TPSA) is 45.5 Å². The first kappa shape index (κ1) is 13.0. The first-order valence-corrected chi connectivity index (χ1v) is 7.40. The highest BCUT2D eigenvalue weighted by Crippen LogP contribution is 2.33. The van der Waals surface area contributed by atoms with E-state index in [1.807, 2.05) is 30.3 Å². The number of hydrogen-bond acceptors (Lipinski definition) is 1. The Morgan fingerprint density at radius 2 is 1.73 bits per heavy atom. The van der Waals surface area contributed by atoms with Crippen molar-refractivity contribution in [1.29, 1.82) is 0 Å². The van der Waals surface area contributed by atoms with Gasteiger partial charge in [-0.3, -0.25) is 0 Å². The highest BCUT2D eigenvalue weighted by molar-refractivity contribution is 5.88. The molecular formula is C18H16N2O2. The maximum atomic E-state index is 11.3. The molecule has 110 valence electrons. The van der Waals surface area contributed by atoms with Crippen molar-refractivity contribution in [3.63, 3.8) is 0 Å². The van der Waals surface area contributed by atoms with Gasteiger partial charge in [0.2, 0.25) is 0 Å². The summed E-state index contributed by atoms with van der Waals surface area (Å²) in [6, 6.07) is 18.4. The number of hydrogen-bond donors (Lipinski definition) is 1. The summed E-state index contributed by atoms with van der Waals surface area (Å²) in [6.45, 7) is 0.999. The third kappa shape index (κ3) is 1.88. The molecule has 1 aliphatic heterocycles. The second-order valence-corrected chi connectivity index (χ2v) is 5.57. The summed E-state index contributed by atoms with van der Waals surface area (Å²) in [5.74, 6) is 0. The average molecular weight is 292 g/mol. The smallest absolute Gasteiger partial charge is 0.407 e. The Morgan fingerprint density at radius 3 is 2.50 bits per heavy atom. The van der Waals surface area contributed by atoms with Crippen LogP contribution >= 0.6 is 0 Å². The standard InChI is InChI=1S/C18H16N2O2/c21-18(22)19-11-10-15-14-8-4-5-9-16(14)20(17(15)12-19)13-6-2-1-3-7-13/h1-9H,10-12H2,(H,21,22). The monoisotopic (exact) mass is 292 g/mol. The lowest BCUT2D eigenvalue weighted by Gasteiger charge is -2.26. The Labute approximate surface area is 128 Å². The largest absolute Gasteiger partial charge is 0.465 e. The molecule has 0 fully saturated rings. The van der Waals surface area contributed by atoms with Crippen molar-refractivity contribution >= 4 is 17.0 Å². The second-order valence-electron chi connectivity index (χ2n) is 5.57. The van der Waals surface area contributed by atoms with E-state index in [-0.39, 0.29) is 0 Å². The van der Waals surface area contributed by atoms with Crippen molar-refractivity contribution in [3.05, 3.63) is 65.9 Å². The number of amides is 1. The van der Waals surface area contributed by atoms with Crippen LogP contribution in [0.15, 0.2) is 54.6 Å².